The molecule has 84 valence electrons. The van der Waals surface area contributed by atoms with E-state index in [9.17, 15) is 0 Å². The van der Waals surface area contributed by atoms with Gasteiger partial charge in [0.1, 0.15) is 0 Å². The Hall–Kier alpha value is -0.900. The molecule has 0 saturated heterocycles. The zero-order valence-electron chi connectivity index (χ0n) is 9.62. The molecule has 0 bridgehead atoms. The molecule has 3 nitrogen and oxygen atoms in total. The second-order valence-corrected chi connectivity index (χ2v) is 3.52. The van der Waals surface area contributed by atoms with E-state index in [1.807, 2.05) is 0 Å². The zero-order chi connectivity index (χ0) is 11.1. The van der Waals surface area contributed by atoms with Crippen molar-refractivity contribution in [2.45, 2.75) is 19.8 Å². The summed E-state index contributed by atoms with van der Waals surface area (Å²) < 4.78 is 10.1. The monoisotopic (exact) mass is 209 g/mol. The van der Waals surface area contributed by atoms with Crippen molar-refractivity contribution in [3.63, 3.8) is 0 Å². The lowest BCUT2D eigenvalue weighted by Crippen LogP contribution is -2.29. The van der Waals surface area contributed by atoms with Gasteiger partial charge in [-0.3, -0.25) is 0 Å². The van der Waals surface area contributed by atoms with Gasteiger partial charge in [-0.05, 0) is 12.5 Å². The molecule has 0 aliphatic heterocycles. The Kier molecular flexibility index (Phi) is 5.32. The van der Waals surface area contributed by atoms with Crippen LogP contribution < -0.4 is 5.32 Å². The van der Waals surface area contributed by atoms with Gasteiger partial charge < -0.3 is 14.8 Å². The average molecular weight is 209 g/mol. The Morgan fingerprint density at radius 1 is 1.13 bits per heavy atom. The van der Waals surface area contributed by atoms with Crippen molar-refractivity contribution in [1.82, 2.24) is 5.32 Å². The van der Waals surface area contributed by atoms with Crippen molar-refractivity contribution in [2.75, 3.05) is 20.8 Å². The third-order valence-corrected chi connectivity index (χ3v) is 2.29. The van der Waals surface area contributed by atoms with Crippen LogP contribution in [-0.4, -0.2) is 27.1 Å². The molecule has 0 radical (unpaired) electrons. The molecule has 0 saturated carbocycles. The van der Waals surface area contributed by atoms with Crippen LogP contribution in [-0.2, 0) is 16.0 Å². The molecular formula is C12H19NO2. The van der Waals surface area contributed by atoms with Gasteiger partial charge in [-0.15, -0.1) is 0 Å². The molecule has 3 heteroatoms. The van der Waals surface area contributed by atoms with Gasteiger partial charge in [0.25, 0.3) is 0 Å². The summed E-state index contributed by atoms with van der Waals surface area (Å²) in [5.74, 6) is 0. The summed E-state index contributed by atoms with van der Waals surface area (Å²) in [4.78, 5) is 0. The van der Waals surface area contributed by atoms with E-state index in [2.05, 4.69) is 36.5 Å². The molecule has 1 rings (SSSR count). The van der Waals surface area contributed by atoms with Crippen LogP contribution >= 0.6 is 0 Å². The fraction of sp³-hybridized carbons (Fsp3) is 0.500. The second-order valence-electron chi connectivity index (χ2n) is 3.52. The molecule has 0 atom stereocenters. The Morgan fingerprint density at radius 3 is 2.27 bits per heavy atom. The predicted molar refractivity (Wildman–Crippen MR) is 60.7 cm³/mol. The topological polar surface area (TPSA) is 30.5 Å². The summed E-state index contributed by atoms with van der Waals surface area (Å²) in [5, 5.41) is 3.27. The molecular weight excluding hydrogens is 190 g/mol. The summed E-state index contributed by atoms with van der Waals surface area (Å²) >= 11 is 0. The normalized spacial score (nSPS) is 10.9. The van der Waals surface area contributed by atoms with E-state index < -0.39 is 0 Å². The number of ether oxygens (including phenoxy) is 2. The number of rotatable bonds is 6. The minimum atomic E-state index is -0.171. The number of methoxy groups -OCH3 is 2. The Labute approximate surface area is 91.4 Å². The first-order valence-electron chi connectivity index (χ1n) is 5.08. The molecule has 0 aromatic heterocycles. The van der Waals surface area contributed by atoms with Gasteiger partial charge in [-0.25, -0.2) is 0 Å². The van der Waals surface area contributed by atoms with Crippen LogP contribution in [0.4, 0.5) is 0 Å². The maximum absolute atomic E-state index is 5.07. The van der Waals surface area contributed by atoms with Gasteiger partial charge in [0.15, 0.2) is 6.29 Å². The van der Waals surface area contributed by atoms with Crippen LogP contribution in [0.15, 0.2) is 24.3 Å². The standard InChI is InChI=1S/C12H19NO2/c1-10-4-6-11(7-5-10)8-13-9-12(14-2)15-3/h4-7,12-13H,8-9H2,1-3H3. The molecule has 0 spiro atoms. The highest BCUT2D eigenvalue weighted by atomic mass is 16.7. The molecule has 0 amide bonds. The molecule has 1 N–H and O–H groups in total. The lowest BCUT2D eigenvalue weighted by Gasteiger charge is -2.14. The van der Waals surface area contributed by atoms with Gasteiger partial charge in [-0.1, -0.05) is 29.8 Å². The van der Waals surface area contributed by atoms with E-state index in [-0.39, 0.29) is 6.29 Å². The third kappa shape index (κ3) is 4.42. The molecule has 0 unspecified atom stereocenters. The predicted octanol–water partition coefficient (Wildman–Crippen LogP) is 1.70. The lowest BCUT2D eigenvalue weighted by atomic mass is 10.1. The van der Waals surface area contributed by atoms with Gasteiger partial charge in [0.2, 0.25) is 0 Å². The number of benzene rings is 1. The number of hydrogen-bond donors (Lipinski definition) is 1. The van der Waals surface area contributed by atoms with Crippen LogP contribution in [0.25, 0.3) is 0 Å². The quantitative estimate of drug-likeness (QED) is 0.723. The first-order chi connectivity index (χ1) is 7.26. The lowest BCUT2D eigenvalue weighted by molar-refractivity contribution is -0.0989. The number of nitrogens with one attached hydrogen (secondary N) is 1. The fourth-order valence-corrected chi connectivity index (χ4v) is 1.30. The van der Waals surface area contributed by atoms with Crippen LogP contribution in [0.2, 0.25) is 0 Å². The van der Waals surface area contributed by atoms with E-state index in [1.165, 1.54) is 11.1 Å². The SMILES string of the molecule is COC(CNCc1ccc(C)cc1)OC. The van der Waals surface area contributed by atoms with E-state index >= 15 is 0 Å². The molecule has 1 aromatic carbocycles. The first-order valence-corrected chi connectivity index (χ1v) is 5.08. The minimum Gasteiger partial charge on any atom is -0.355 e. The molecule has 0 aliphatic carbocycles. The Bertz CT molecular complexity index is 267. The molecule has 0 aliphatic rings. The van der Waals surface area contributed by atoms with Crippen molar-refractivity contribution >= 4 is 0 Å². The van der Waals surface area contributed by atoms with Crippen LogP contribution in [0.5, 0.6) is 0 Å². The molecule has 0 fully saturated rings. The summed E-state index contributed by atoms with van der Waals surface area (Å²) in [5.41, 5.74) is 2.55. The van der Waals surface area contributed by atoms with Crippen molar-refractivity contribution < 1.29 is 9.47 Å². The summed E-state index contributed by atoms with van der Waals surface area (Å²) in [6.07, 6.45) is -0.171. The van der Waals surface area contributed by atoms with E-state index in [0.717, 1.165) is 6.54 Å². The maximum Gasteiger partial charge on any atom is 0.169 e. The highest BCUT2D eigenvalue weighted by molar-refractivity contribution is 5.20. The Balaban J connectivity index is 2.28. The largest absolute Gasteiger partial charge is 0.355 e. The molecule has 1 aromatic rings. The van der Waals surface area contributed by atoms with Crippen molar-refractivity contribution in [3.05, 3.63) is 35.4 Å². The summed E-state index contributed by atoms with van der Waals surface area (Å²) in [6, 6.07) is 8.47. The van der Waals surface area contributed by atoms with Crippen LogP contribution in [0.3, 0.4) is 0 Å². The number of hydrogen-bond acceptors (Lipinski definition) is 3. The first kappa shape index (κ1) is 12.2. The van der Waals surface area contributed by atoms with Gasteiger partial charge in [0.05, 0.1) is 0 Å². The summed E-state index contributed by atoms with van der Waals surface area (Å²) in [6.45, 7) is 3.62. The van der Waals surface area contributed by atoms with Gasteiger partial charge in [-0.2, -0.15) is 0 Å². The van der Waals surface area contributed by atoms with Gasteiger partial charge in [0, 0.05) is 27.3 Å². The number of aryl methyl sites for hydroxylation is 1. The van der Waals surface area contributed by atoms with E-state index in [0.29, 0.717) is 6.54 Å². The highest BCUT2D eigenvalue weighted by Crippen LogP contribution is 2.02. The summed E-state index contributed by atoms with van der Waals surface area (Å²) in [7, 11) is 3.28. The Morgan fingerprint density at radius 2 is 1.73 bits per heavy atom. The molecule has 15 heavy (non-hydrogen) atoms. The van der Waals surface area contributed by atoms with Crippen LogP contribution in [0.1, 0.15) is 11.1 Å². The zero-order valence-corrected chi connectivity index (χ0v) is 9.62. The van der Waals surface area contributed by atoms with Crippen molar-refractivity contribution in [3.8, 4) is 0 Å². The van der Waals surface area contributed by atoms with Crippen molar-refractivity contribution in [1.29, 1.82) is 0 Å². The maximum atomic E-state index is 5.07. The third-order valence-electron chi connectivity index (χ3n) is 2.29. The van der Waals surface area contributed by atoms with Gasteiger partial charge >= 0.3 is 0 Å². The molecule has 0 heterocycles. The van der Waals surface area contributed by atoms with Crippen molar-refractivity contribution in [2.24, 2.45) is 0 Å². The second kappa shape index (κ2) is 6.56. The van der Waals surface area contributed by atoms with E-state index in [4.69, 9.17) is 9.47 Å². The average Bonchev–Trinajstić information content (AvgIpc) is 2.27. The van der Waals surface area contributed by atoms with E-state index in [1.54, 1.807) is 14.2 Å². The smallest absolute Gasteiger partial charge is 0.169 e. The fourth-order valence-electron chi connectivity index (χ4n) is 1.30. The van der Waals surface area contributed by atoms with Crippen LogP contribution in [0, 0.1) is 6.92 Å². The highest BCUT2D eigenvalue weighted by Gasteiger charge is 2.03. The minimum absolute atomic E-state index is 0.171.